The fraction of sp³-hybridized carbons (Fsp3) is 0.526. The van der Waals surface area contributed by atoms with E-state index in [1.165, 1.54) is 12.8 Å². The number of likely N-dealkylation sites (N-methyl/N-ethyl adjacent to an activating group) is 1. The Hall–Kier alpha value is -2.41. The molecule has 138 valence electrons. The van der Waals surface area contributed by atoms with Crippen LogP contribution in [-0.4, -0.2) is 76.6 Å². The zero-order valence-corrected chi connectivity index (χ0v) is 15.6. The first-order valence-corrected chi connectivity index (χ1v) is 9.33. The van der Waals surface area contributed by atoms with Crippen LogP contribution < -0.4 is 4.90 Å². The van der Waals surface area contributed by atoms with E-state index in [4.69, 9.17) is 0 Å². The third kappa shape index (κ3) is 3.31. The molecule has 0 atom stereocenters. The number of amides is 1. The Bertz CT molecular complexity index is 770. The Morgan fingerprint density at radius 1 is 0.923 bits per heavy atom. The first kappa shape index (κ1) is 17.0. The first-order valence-electron chi connectivity index (χ1n) is 9.33. The number of carbonyl (C=O) groups excluding carboxylic acids is 1. The summed E-state index contributed by atoms with van der Waals surface area (Å²) in [5, 5.41) is 0. The molecule has 0 aliphatic carbocycles. The Morgan fingerprint density at radius 3 is 2.23 bits per heavy atom. The molecule has 4 rings (SSSR count). The highest BCUT2D eigenvalue weighted by molar-refractivity contribution is 5.94. The van der Waals surface area contributed by atoms with Gasteiger partial charge in [-0.1, -0.05) is 0 Å². The number of rotatable bonds is 3. The first-order chi connectivity index (χ1) is 12.6. The maximum atomic E-state index is 12.8. The highest BCUT2D eigenvalue weighted by Crippen LogP contribution is 2.23. The monoisotopic (exact) mass is 354 g/mol. The van der Waals surface area contributed by atoms with Crippen molar-refractivity contribution in [2.75, 3.05) is 51.2 Å². The van der Waals surface area contributed by atoms with Gasteiger partial charge in [-0.15, -0.1) is 0 Å². The van der Waals surface area contributed by atoms with Gasteiger partial charge in [0.2, 0.25) is 5.95 Å². The van der Waals surface area contributed by atoms with Crippen molar-refractivity contribution in [3.63, 3.8) is 0 Å². The van der Waals surface area contributed by atoms with E-state index >= 15 is 0 Å². The number of hydrogen-bond acceptors (Lipinski definition) is 5. The van der Waals surface area contributed by atoms with Crippen LogP contribution in [0, 0.1) is 0 Å². The number of aromatic nitrogens is 3. The Kier molecular flexibility index (Phi) is 4.63. The van der Waals surface area contributed by atoms with Crippen molar-refractivity contribution in [2.45, 2.75) is 12.8 Å². The summed E-state index contributed by atoms with van der Waals surface area (Å²) in [6.45, 7) is 5.49. The molecule has 2 aromatic heterocycles. The molecule has 7 nitrogen and oxygen atoms in total. The van der Waals surface area contributed by atoms with Gasteiger partial charge in [0.25, 0.3) is 5.91 Å². The van der Waals surface area contributed by atoms with Crippen molar-refractivity contribution in [1.82, 2.24) is 24.3 Å². The topological polar surface area (TPSA) is 57.5 Å². The third-order valence-electron chi connectivity index (χ3n) is 5.37. The van der Waals surface area contributed by atoms with E-state index in [0.717, 1.165) is 56.3 Å². The second kappa shape index (κ2) is 7.07. The third-order valence-corrected chi connectivity index (χ3v) is 5.37. The average molecular weight is 354 g/mol. The zero-order chi connectivity index (χ0) is 18.1. The van der Waals surface area contributed by atoms with Gasteiger partial charge >= 0.3 is 0 Å². The molecule has 1 amide bonds. The van der Waals surface area contributed by atoms with Crippen LogP contribution in [0.3, 0.4) is 0 Å². The molecule has 26 heavy (non-hydrogen) atoms. The Labute approximate surface area is 154 Å². The minimum atomic E-state index is 0.0986. The van der Waals surface area contributed by atoms with Crippen LogP contribution in [0.5, 0.6) is 0 Å². The quantitative estimate of drug-likeness (QED) is 0.835. The van der Waals surface area contributed by atoms with Gasteiger partial charge in [-0.05, 0) is 26.0 Å². The molecule has 0 spiro atoms. The Balaban J connectivity index is 1.51. The van der Waals surface area contributed by atoms with E-state index in [1.54, 1.807) is 0 Å². The highest BCUT2D eigenvalue weighted by atomic mass is 16.2. The molecule has 2 aliphatic rings. The van der Waals surface area contributed by atoms with E-state index in [2.05, 4.69) is 26.8 Å². The SMILES string of the molecule is CN1CCN(C(=O)c2cc(-c3cnc(N4CCCC4)nc3)cn2C)CC1. The summed E-state index contributed by atoms with van der Waals surface area (Å²) < 4.78 is 1.91. The largest absolute Gasteiger partial charge is 0.346 e. The molecule has 0 unspecified atom stereocenters. The molecule has 0 bridgehead atoms. The standard InChI is InChI=1S/C19H26N6O/c1-22-7-9-24(10-8-22)18(26)17-11-15(14-23(17)2)16-12-20-19(21-13-16)25-5-3-4-6-25/h11-14H,3-10H2,1-2H3. The zero-order valence-electron chi connectivity index (χ0n) is 15.6. The Morgan fingerprint density at radius 2 is 1.58 bits per heavy atom. The summed E-state index contributed by atoms with van der Waals surface area (Å²) in [6.07, 6.45) is 8.13. The van der Waals surface area contributed by atoms with Crippen molar-refractivity contribution in [1.29, 1.82) is 0 Å². The van der Waals surface area contributed by atoms with Crippen LogP contribution in [0.1, 0.15) is 23.3 Å². The molecule has 4 heterocycles. The lowest BCUT2D eigenvalue weighted by molar-refractivity contribution is 0.0654. The molecule has 0 N–H and O–H groups in total. The fourth-order valence-electron chi connectivity index (χ4n) is 3.66. The van der Waals surface area contributed by atoms with Crippen LogP contribution in [0.25, 0.3) is 11.1 Å². The number of hydrogen-bond donors (Lipinski definition) is 0. The number of carbonyl (C=O) groups is 1. The van der Waals surface area contributed by atoms with Gasteiger partial charge in [-0.3, -0.25) is 4.79 Å². The van der Waals surface area contributed by atoms with E-state index in [-0.39, 0.29) is 5.91 Å². The second-order valence-electron chi connectivity index (χ2n) is 7.29. The molecular weight excluding hydrogens is 328 g/mol. The summed E-state index contributed by atoms with van der Waals surface area (Å²) in [6, 6.07) is 1.95. The lowest BCUT2D eigenvalue weighted by Gasteiger charge is -2.32. The molecule has 7 heteroatoms. The van der Waals surface area contributed by atoms with Crippen LogP contribution in [0.2, 0.25) is 0 Å². The maximum Gasteiger partial charge on any atom is 0.270 e. The number of aryl methyl sites for hydroxylation is 1. The van der Waals surface area contributed by atoms with Gasteiger partial charge in [0.05, 0.1) is 0 Å². The summed E-state index contributed by atoms with van der Waals surface area (Å²) >= 11 is 0. The van der Waals surface area contributed by atoms with Crippen LogP contribution in [0.4, 0.5) is 5.95 Å². The highest BCUT2D eigenvalue weighted by Gasteiger charge is 2.23. The van der Waals surface area contributed by atoms with Crippen molar-refractivity contribution in [3.8, 4) is 11.1 Å². The number of piperazine rings is 1. The predicted molar refractivity (Wildman–Crippen MR) is 101 cm³/mol. The van der Waals surface area contributed by atoms with Crippen LogP contribution in [-0.2, 0) is 7.05 Å². The average Bonchev–Trinajstić information content (AvgIpc) is 3.32. The predicted octanol–water partition coefficient (Wildman–Crippen LogP) is 1.47. The molecule has 2 saturated heterocycles. The minimum Gasteiger partial charge on any atom is -0.346 e. The van der Waals surface area contributed by atoms with Gasteiger partial charge in [0.1, 0.15) is 5.69 Å². The van der Waals surface area contributed by atoms with E-state index in [0.29, 0.717) is 5.69 Å². The lowest BCUT2D eigenvalue weighted by Crippen LogP contribution is -2.47. The summed E-state index contributed by atoms with van der Waals surface area (Å²) in [5.74, 6) is 0.900. The fourth-order valence-corrected chi connectivity index (χ4v) is 3.66. The molecule has 0 aromatic carbocycles. The molecule has 0 saturated carbocycles. The van der Waals surface area contributed by atoms with Crippen LogP contribution in [0.15, 0.2) is 24.7 Å². The van der Waals surface area contributed by atoms with Gasteiger partial charge in [-0.25, -0.2) is 9.97 Å². The lowest BCUT2D eigenvalue weighted by atomic mass is 10.2. The normalized spacial score (nSPS) is 18.5. The minimum absolute atomic E-state index is 0.0986. The van der Waals surface area contributed by atoms with Gasteiger partial charge in [0, 0.05) is 76.0 Å². The van der Waals surface area contributed by atoms with Gasteiger partial charge < -0.3 is 19.3 Å². The second-order valence-corrected chi connectivity index (χ2v) is 7.29. The van der Waals surface area contributed by atoms with Crippen LogP contribution >= 0.6 is 0 Å². The summed E-state index contributed by atoms with van der Waals surface area (Å²) in [4.78, 5) is 28.3. The van der Waals surface area contributed by atoms with E-state index < -0.39 is 0 Å². The van der Waals surface area contributed by atoms with E-state index in [9.17, 15) is 4.79 Å². The maximum absolute atomic E-state index is 12.8. The van der Waals surface area contributed by atoms with Gasteiger partial charge in [0.15, 0.2) is 0 Å². The van der Waals surface area contributed by atoms with Crippen molar-refractivity contribution in [3.05, 3.63) is 30.4 Å². The van der Waals surface area contributed by atoms with Crippen molar-refractivity contribution < 1.29 is 4.79 Å². The molecule has 2 aliphatic heterocycles. The van der Waals surface area contributed by atoms with Crippen molar-refractivity contribution >= 4 is 11.9 Å². The molecule has 2 aromatic rings. The molecular formula is C19H26N6O. The summed E-state index contributed by atoms with van der Waals surface area (Å²) in [7, 11) is 4.01. The van der Waals surface area contributed by atoms with Crippen molar-refractivity contribution in [2.24, 2.45) is 7.05 Å². The van der Waals surface area contributed by atoms with E-state index in [1.807, 2.05) is 41.2 Å². The molecule has 0 radical (unpaired) electrons. The summed E-state index contributed by atoms with van der Waals surface area (Å²) in [5.41, 5.74) is 2.65. The number of anilines is 1. The molecule has 2 fully saturated rings. The van der Waals surface area contributed by atoms with Gasteiger partial charge in [-0.2, -0.15) is 0 Å². The number of nitrogens with zero attached hydrogens (tertiary/aromatic N) is 6. The smallest absolute Gasteiger partial charge is 0.270 e.